The summed E-state index contributed by atoms with van der Waals surface area (Å²) in [5.74, 6) is -5.51. The number of carboxylic acids is 1. The smallest absolute Gasteiger partial charge is 0.327 e. The zero-order valence-corrected chi connectivity index (χ0v) is 14.7. The molecule has 0 aliphatic heterocycles. The van der Waals surface area contributed by atoms with Gasteiger partial charge in [0.1, 0.15) is 6.04 Å². The Morgan fingerprint density at radius 3 is 1.82 bits per heavy atom. The molecule has 142 valence electrons. The topological polar surface area (TPSA) is 66.4 Å². The Labute approximate surface area is 160 Å². The summed E-state index contributed by atoms with van der Waals surface area (Å²) in [4.78, 5) is 24.5. The van der Waals surface area contributed by atoms with Gasteiger partial charge >= 0.3 is 5.97 Å². The van der Waals surface area contributed by atoms with Crippen LogP contribution >= 0.6 is 0 Å². The molecule has 0 aliphatic carbocycles. The number of halogens is 2. The third kappa shape index (κ3) is 4.06. The number of amides is 1. The first-order valence-electron chi connectivity index (χ1n) is 8.56. The molecule has 6 heteroatoms. The lowest BCUT2D eigenvalue weighted by molar-refractivity contribution is -0.139. The Hall–Kier alpha value is -3.54. The minimum Gasteiger partial charge on any atom is -0.480 e. The van der Waals surface area contributed by atoms with E-state index in [4.69, 9.17) is 0 Å². The molecule has 0 fully saturated rings. The molecule has 0 heterocycles. The van der Waals surface area contributed by atoms with Crippen LogP contribution in [0.1, 0.15) is 27.4 Å². The van der Waals surface area contributed by atoms with Crippen LogP contribution in [0.2, 0.25) is 0 Å². The van der Waals surface area contributed by atoms with E-state index < -0.39 is 41.0 Å². The van der Waals surface area contributed by atoms with Crippen molar-refractivity contribution in [3.8, 4) is 0 Å². The van der Waals surface area contributed by atoms with Crippen molar-refractivity contribution >= 4 is 11.9 Å². The van der Waals surface area contributed by atoms with Crippen LogP contribution in [0.5, 0.6) is 0 Å². The first-order chi connectivity index (χ1) is 13.5. The Balaban J connectivity index is 2.01. The van der Waals surface area contributed by atoms with Crippen molar-refractivity contribution in [2.75, 3.05) is 0 Å². The van der Waals surface area contributed by atoms with Crippen LogP contribution in [0, 0.1) is 11.6 Å². The van der Waals surface area contributed by atoms with Crippen molar-refractivity contribution in [2.24, 2.45) is 0 Å². The third-order valence-corrected chi connectivity index (χ3v) is 4.40. The highest BCUT2D eigenvalue weighted by Crippen LogP contribution is 2.28. The molecule has 0 spiro atoms. The third-order valence-electron chi connectivity index (χ3n) is 4.40. The number of nitrogens with one attached hydrogen (secondary N) is 1. The lowest BCUT2D eigenvalue weighted by Gasteiger charge is -2.26. The molecule has 0 saturated heterocycles. The maximum atomic E-state index is 14.0. The molecule has 3 aromatic carbocycles. The summed E-state index contributed by atoms with van der Waals surface area (Å²) < 4.78 is 27.4. The summed E-state index contributed by atoms with van der Waals surface area (Å²) in [5, 5.41) is 12.2. The number of benzene rings is 3. The van der Waals surface area contributed by atoms with Crippen molar-refractivity contribution in [3.05, 3.63) is 107 Å². The summed E-state index contributed by atoms with van der Waals surface area (Å²) in [6.45, 7) is 0. The number of carbonyl (C=O) groups excluding carboxylic acids is 1. The van der Waals surface area contributed by atoms with Gasteiger partial charge in [0, 0.05) is 5.92 Å². The standard InChI is InChI=1S/C22H17F2NO3/c23-17-13-7-12-16(19(17)24)21(26)25-20(22(27)28)18(14-8-3-1-4-9-14)15-10-5-2-6-11-15/h1-13,18,20H,(H,25,26)(H,27,28)/t20-/m0/s1. The van der Waals surface area contributed by atoms with Gasteiger partial charge in [0.2, 0.25) is 0 Å². The molecule has 0 aromatic heterocycles. The van der Waals surface area contributed by atoms with Gasteiger partial charge in [-0.25, -0.2) is 13.6 Å². The van der Waals surface area contributed by atoms with E-state index in [9.17, 15) is 23.5 Å². The number of hydrogen-bond acceptors (Lipinski definition) is 2. The van der Waals surface area contributed by atoms with E-state index in [1.54, 1.807) is 60.7 Å². The van der Waals surface area contributed by atoms with Gasteiger partial charge in [0.25, 0.3) is 5.91 Å². The van der Waals surface area contributed by atoms with Gasteiger partial charge in [-0.15, -0.1) is 0 Å². The molecule has 3 rings (SSSR count). The van der Waals surface area contributed by atoms with Crippen molar-refractivity contribution in [3.63, 3.8) is 0 Å². The van der Waals surface area contributed by atoms with Gasteiger partial charge < -0.3 is 10.4 Å². The van der Waals surface area contributed by atoms with Crippen LogP contribution in [0.3, 0.4) is 0 Å². The minimum absolute atomic E-state index is 0.550. The van der Waals surface area contributed by atoms with Crippen LogP contribution < -0.4 is 5.32 Å². The van der Waals surface area contributed by atoms with E-state index in [1.807, 2.05) is 0 Å². The molecule has 1 amide bonds. The van der Waals surface area contributed by atoms with E-state index >= 15 is 0 Å². The maximum Gasteiger partial charge on any atom is 0.327 e. The molecule has 0 radical (unpaired) electrons. The molecule has 0 unspecified atom stereocenters. The maximum absolute atomic E-state index is 14.0. The van der Waals surface area contributed by atoms with Crippen LogP contribution in [0.25, 0.3) is 0 Å². The molecule has 3 aromatic rings. The van der Waals surface area contributed by atoms with Crippen molar-refractivity contribution in [1.82, 2.24) is 5.32 Å². The molecule has 4 nitrogen and oxygen atoms in total. The molecular weight excluding hydrogens is 364 g/mol. The predicted molar refractivity (Wildman–Crippen MR) is 100.0 cm³/mol. The van der Waals surface area contributed by atoms with E-state index in [-0.39, 0.29) is 0 Å². The fourth-order valence-electron chi connectivity index (χ4n) is 3.08. The molecule has 1 atom stereocenters. The van der Waals surface area contributed by atoms with Crippen LogP contribution in [0.4, 0.5) is 8.78 Å². The Bertz CT molecular complexity index is 938. The van der Waals surface area contributed by atoms with Gasteiger partial charge in [-0.3, -0.25) is 4.79 Å². The van der Waals surface area contributed by atoms with Gasteiger partial charge in [0.15, 0.2) is 11.6 Å². The Kier molecular flexibility index (Phi) is 5.79. The highest BCUT2D eigenvalue weighted by molar-refractivity contribution is 5.97. The molecule has 2 N–H and O–H groups in total. The molecule has 28 heavy (non-hydrogen) atoms. The fraction of sp³-hybridized carbons (Fsp3) is 0.0909. The summed E-state index contributed by atoms with van der Waals surface area (Å²) in [5.41, 5.74) is 0.786. The van der Waals surface area contributed by atoms with Crippen molar-refractivity contribution in [2.45, 2.75) is 12.0 Å². The van der Waals surface area contributed by atoms with Crippen LogP contribution in [-0.2, 0) is 4.79 Å². The van der Waals surface area contributed by atoms with Gasteiger partial charge in [-0.2, -0.15) is 0 Å². The lowest BCUT2D eigenvalue weighted by atomic mass is 9.85. The summed E-state index contributed by atoms with van der Waals surface area (Å²) in [6.07, 6.45) is 0. The van der Waals surface area contributed by atoms with E-state index in [0.29, 0.717) is 11.1 Å². The second-order valence-corrected chi connectivity index (χ2v) is 6.19. The first-order valence-corrected chi connectivity index (χ1v) is 8.56. The predicted octanol–water partition coefficient (Wildman–Crippen LogP) is 3.98. The quantitative estimate of drug-likeness (QED) is 0.679. The zero-order valence-electron chi connectivity index (χ0n) is 14.7. The molecule has 0 bridgehead atoms. The van der Waals surface area contributed by atoms with Gasteiger partial charge in [0.05, 0.1) is 5.56 Å². The van der Waals surface area contributed by atoms with E-state index in [2.05, 4.69) is 5.32 Å². The Morgan fingerprint density at radius 1 is 0.786 bits per heavy atom. The van der Waals surface area contributed by atoms with E-state index in [1.165, 1.54) is 6.07 Å². The van der Waals surface area contributed by atoms with Crippen LogP contribution in [0.15, 0.2) is 78.9 Å². The highest BCUT2D eigenvalue weighted by Gasteiger charge is 2.33. The average Bonchev–Trinajstić information content (AvgIpc) is 2.71. The summed E-state index contributed by atoms with van der Waals surface area (Å²) in [6, 6.07) is 19.4. The number of aliphatic carboxylic acids is 1. The average molecular weight is 381 g/mol. The second-order valence-electron chi connectivity index (χ2n) is 6.19. The molecule has 0 aliphatic rings. The second kappa shape index (κ2) is 8.43. The SMILES string of the molecule is O=C(N[C@H](C(=O)O)C(c1ccccc1)c1ccccc1)c1cccc(F)c1F. The van der Waals surface area contributed by atoms with Crippen molar-refractivity contribution in [1.29, 1.82) is 0 Å². The van der Waals surface area contributed by atoms with E-state index in [0.717, 1.165) is 12.1 Å². The largest absolute Gasteiger partial charge is 0.480 e. The van der Waals surface area contributed by atoms with Gasteiger partial charge in [-0.1, -0.05) is 66.7 Å². The Morgan fingerprint density at radius 2 is 1.32 bits per heavy atom. The lowest BCUT2D eigenvalue weighted by Crippen LogP contribution is -2.45. The zero-order chi connectivity index (χ0) is 20.1. The number of carbonyl (C=O) groups is 2. The minimum atomic E-state index is -1.39. The van der Waals surface area contributed by atoms with Crippen LogP contribution in [-0.4, -0.2) is 23.0 Å². The fourth-order valence-corrected chi connectivity index (χ4v) is 3.08. The summed E-state index contributed by atoms with van der Waals surface area (Å²) in [7, 11) is 0. The van der Waals surface area contributed by atoms with Crippen molar-refractivity contribution < 1.29 is 23.5 Å². The normalized spacial score (nSPS) is 11.8. The van der Waals surface area contributed by atoms with Gasteiger partial charge in [-0.05, 0) is 23.3 Å². The monoisotopic (exact) mass is 381 g/mol. The summed E-state index contributed by atoms with van der Waals surface area (Å²) >= 11 is 0. The number of rotatable bonds is 6. The number of carboxylic acid groups (broad SMARTS) is 1. The highest BCUT2D eigenvalue weighted by atomic mass is 19.2. The molecule has 0 saturated carbocycles. The molecular formula is C22H17F2NO3. The number of hydrogen-bond donors (Lipinski definition) is 2. The first kappa shape index (κ1) is 19.2.